The fourth-order valence-electron chi connectivity index (χ4n) is 3.96. The molecule has 2 aliphatic rings. The van der Waals surface area contributed by atoms with Crippen LogP contribution in [0.4, 0.5) is 0 Å². The van der Waals surface area contributed by atoms with Crippen LogP contribution in [-0.2, 0) is 6.54 Å². The molecule has 0 aromatic carbocycles. The number of hydrogen-bond donors (Lipinski definition) is 0. The van der Waals surface area contributed by atoms with Crippen LogP contribution in [0.15, 0.2) is 34.1 Å². The fraction of sp³-hybridized carbons (Fsp3) is 0.500. The summed E-state index contributed by atoms with van der Waals surface area (Å²) >= 11 is 0. The van der Waals surface area contributed by atoms with E-state index in [-0.39, 0.29) is 28.5 Å². The normalized spacial score (nSPS) is 17.7. The SMILES string of the molecule is O=c1c2nc(-c3cccnc3)nnc2n(C2CC2)c(=O)n1CCN1CCCCC1. The average Bonchev–Trinajstić information content (AvgIpc) is 3.60. The van der Waals surface area contributed by atoms with E-state index >= 15 is 0 Å². The zero-order valence-electron chi connectivity index (χ0n) is 16.2. The minimum Gasteiger partial charge on any atom is -0.302 e. The van der Waals surface area contributed by atoms with Crippen LogP contribution in [0.2, 0.25) is 0 Å². The van der Waals surface area contributed by atoms with Gasteiger partial charge in [0.25, 0.3) is 5.56 Å². The number of pyridine rings is 1. The topological polar surface area (TPSA) is 98.8 Å². The summed E-state index contributed by atoms with van der Waals surface area (Å²) in [5.41, 5.74) is 0.477. The lowest BCUT2D eigenvalue weighted by Gasteiger charge is -2.26. The number of fused-ring (bicyclic) bond motifs is 1. The molecule has 150 valence electrons. The van der Waals surface area contributed by atoms with E-state index < -0.39 is 0 Å². The predicted molar refractivity (Wildman–Crippen MR) is 108 cm³/mol. The quantitative estimate of drug-likeness (QED) is 0.643. The summed E-state index contributed by atoms with van der Waals surface area (Å²) in [6, 6.07) is 3.68. The standard InChI is InChI=1S/C20H23N7O2/c28-19-16-18(24-23-17(22-16)14-5-4-8-21-13-14)27(15-6-7-15)20(29)26(19)12-11-25-9-2-1-3-10-25/h4-5,8,13,15H,1-3,6-7,9-12H2. The first-order valence-corrected chi connectivity index (χ1v) is 10.2. The molecule has 1 saturated carbocycles. The molecule has 0 amide bonds. The molecule has 9 heteroatoms. The van der Waals surface area contributed by atoms with E-state index in [0.717, 1.165) is 25.9 Å². The zero-order valence-corrected chi connectivity index (χ0v) is 16.2. The van der Waals surface area contributed by atoms with Crippen LogP contribution < -0.4 is 11.2 Å². The van der Waals surface area contributed by atoms with E-state index in [9.17, 15) is 9.59 Å². The van der Waals surface area contributed by atoms with Gasteiger partial charge in [-0.2, -0.15) is 0 Å². The van der Waals surface area contributed by atoms with Gasteiger partial charge in [-0.1, -0.05) is 6.42 Å². The van der Waals surface area contributed by atoms with Crippen molar-refractivity contribution < 1.29 is 0 Å². The van der Waals surface area contributed by atoms with Crippen LogP contribution in [0.1, 0.15) is 38.1 Å². The molecule has 0 bridgehead atoms. The van der Waals surface area contributed by atoms with Gasteiger partial charge in [-0.15, -0.1) is 10.2 Å². The molecule has 0 atom stereocenters. The summed E-state index contributed by atoms with van der Waals surface area (Å²) in [7, 11) is 0. The van der Waals surface area contributed by atoms with Gasteiger partial charge in [0, 0.05) is 37.1 Å². The Hall–Kier alpha value is -2.94. The lowest BCUT2D eigenvalue weighted by Crippen LogP contribution is -2.44. The first-order chi connectivity index (χ1) is 14.2. The molecule has 29 heavy (non-hydrogen) atoms. The van der Waals surface area contributed by atoms with Gasteiger partial charge in [-0.05, 0) is 50.9 Å². The molecule has 4 heterocycles. The van der Waals surface area contributed by atoms with E-state index in [1.54, 1.807) is 23.0 Å². The van der Waals surface area contributed by atoms with E-state index in [0.29, 0.717) is 24.5 Å². The smallest absolute Gasteiger partial charge is 0.302 e. The molecule has 2 fully saturated rings. The van der Waals surface area contributed by atoms with Crippen molar-refractivity contribution >= 4 is 11.2 Å². The van der Waals surface area contributed by atoms with Crippen molar-refractivity contribution in [3.8, 4) is 11.4 Å². The fourth-order valence-corrected chi connectivity index (χ4v) is 3.96. The van der Waals surface area contributed by atoms with Gasteiger partial charge in [0.05, 0.1) is 0 Å². The van der Waals surface area contributed by atoms with Crippen LogP contribution in [0, 0.1) is 0 Å². The Kier molecular flexibility index (Phi) is 4.67. The van der Waals surface area contributed by atoms with Crippen molar-refractivity contribution in [1.82, 2.24) is 34.2 Å². The van der Waals surface area contributed by atoms with Crippen molar-refractivity contribution in [2.75, 3.05) is 19.6 Å². The van der Waals surface area contributed by atoms with Crippen molar-refractivity contribution in [3.05, 3.63) is 45.4 Å². The summed E-state index contributed by atoms with van der Waals surface area (Å²) in [4.78, 5) is 37.2. The monoisotopic (exact) mass is 393 g/mol. The summed E-state index contributed by atoms with van der Waals surface area (Å²) in [5.74, 6) is 0.339. The van der Waals surface area contributed by atoms with E-state index in [2.05, 4.69) is 25.1 Å². The highest BCUT2D eigenvalue weighted by molar-refractivity contribution is 5.71. The minimum absolute atomic E-state index is 0.0761. The molecular formula is C20H23N7O2. The first kappa shape index (κ1) is 18.1. The molecule has 1 saturated heterocycles. The maximum Gasteiger partial charge on any atom is 0.333 e. The Morgan fingerprint density at radius 1 is 1.03 bits per heavy atom. The van der Waals surface area contributed by atoms with Crippen LogP contribution in [0.25, 0.3) is 22.6 Å². The van der Waals surface area contributed by atoms with Gasteiger partial charge >= 0.3 is 5.69 Å². The number of piperidine rings is 1. The third-order valence-corrected chi connectivity index (χ3v) is 5.70. The summed E-state index contributed by atoms with van der Waals surface area (Å²) in [6.07, 6.45) is 8.71. The average molecular weight is 393 g/mol. The second-order valence-electron chi connectivity index (χ2n) is 7.79. The Bertz CT molecular complexity index is 1150. The van der Waals surface area contributed by atoms with Gasteiger partial charge in [0.15, 0.2) is 17.0 Å². The van der Waals surface area contributed by atoms with Crippen molar-refractivity contribution in [2.45, 2.75) is 44.7 Å². The zero-order chi connectivity index (χ0) is 19.8. The molecule has 0 unspecified atom stereocenters. The lowest BCUT2D eigenvalue weighted by atomic mass is 10.1. The molecule has 3 aromatic heterocycles. The predicted octanol–water partition coefficient (Wildman–Crippen LogP) is 1.23. The molecular weight excluding hydrogens is 370 g/mol. The molecule has 0 spiro atoms. The number of nitrogens with zero attached hydrogens (tertiary/aromatic N) is 7. The third-order valence-electron chi connectivity index (χ3n) is 5.70. The largest absolute Gasteiger partial charge is 0.333 e. The number of aromatic nitrogens is 6. The highest BCUT2D eigenvalue weighted by Gasteiger charge is 2.30. The number of likely N-dealkylation sites (tertiary alicyclic amines) is 1. The second-order valence-corrected chi connectivity index (χ2v) is 7.79. The summed E-state index contributed by atoms with van der Waals surface area (Å²) < 4.78 is 2.94. The Morgan fingerprint density at radius 2 is 1.86 bits per heavy atom. The second kappa shape index (κ2) is 7.47. The van der Waals surface area contributed by atoms with E-state index in [4.69, 9.17) is 0 Å². The van der Waals surface area contributed by atoms with E-state index in [1.807, 2.05) is 6.07 Å². The van der Waals surface area contributed by atoms with Gasteiger partial charge in [0.2, 0.25) is 0 Å². The van der Waals surface area contributed by atoms with E-state index in [1.165, 1.54) is 23.8 Å². The Balaban J connectivity index is 1.60. The maximum absolute atomic E-state index is 13.2. The van der Waals surface area contributed by atoms with Crippen molar-refractivity contribution in [1.29, 1.82) is 0 Å². The summed E-state index contributed by atoms with van der Waals surface area (Å²) in [6.45, 7) is 3.11. The van der Waals surface area contributed by atoms with Crippen LogP contribution >= 0.6 is 0 Å². The van der Waals surface area contributed by atoms with Crippen molar-refractivity contribution in [2.24, 2.45) is 0 Å². The molecule has 3 aromatic rings. The van der Waals surface area contributed by atoms with Gasteiger partial charge in [-0.25, -0.2) is 9.78 Å². The Morgan fingerprint density at radius 3 is 2.59 bits per heavy atom. The first-order valence-electron chi connectivity index (χ1n) is 10.2. The Labute approximate surface area is 167 Å². The molecule has 0 N–H and O–H groups in total. The number of hydrogen-bond acceptors (Lipinski definition) is 7. The van der Waals surface area contributed by atoms with Crippen LogP contribution in [0.3, 0.4) is 0 Å². The highest BCUT2D eigenvalue weighted by Crippen LogP contribution is 2.34. The molecule has 1 aliphatic heterocycles. The van der Waals surface area contributed by atoms with Gasteiger partial charge in [0.1, 0.15) is 0 Å². The third kappa shape index (κ3) is 3.46. The maximum atomic E-state index is 13.2. The molecule has 0 radical (unpaired) electrons. The highest BCUT2D eigenvalue weighted by atomic mass is 16.2. The lowest BCUT2D eigenvalue weighted by molar-refractivity contribution is 0.218. The summed E-state index contributed by atoms with van der Waals surface area (Å²) in [5, 5.41) is 8.39. The van der Waals surface area contributed by atoms with Crippen LogP contribution in [-0.4, -0.2) is 53.8 Å². The van der Waals surface area contributed by atoms with Gasteiger partial charge in [-0.3, -0.25) is 18.9 Å². The molecule has 1 aliphatic carbocycles. The van der Waals surface area contributed by atoms with Crippen molar-refractivity contribution in [3.63, 3.8) is 0 Å². The molecule has 9 nitrogen and oxygen atoms in total. The van der Waals surface area contributed by atoms with Crippen LogP contribution in [0.5, 0.6) is 0 Å². The number of rotatable bonds is 5. The molecule has 5 rings (SSSR count). The minimum atomic E-state index is -0.390. The van der Waals surface area contributed by atoms with Gasteiger partial charge < -0.3 is 4.90 Å².